The number of fused-ring (bicyclic) bond motifs is 1. The smallest absolute Gasteiger partial charge is 0.0397 e. The summed E-state index contributed by atoms with van der Waals surface area (Å²) in [6, 6.07) is 6.90. The number of rotatable bonds is 0. The van der Waals surface area contributed by atoms with Crippen molar-refractivity contribution in [2.45, 2.75) is 19.5 Å². The molecule has 2 nitrogen and oxygen atoms in total. The van der Waals surface area contributed by atoms with E-state index in [4.69, 9.17) is 0 Å². The Morgan fingerprint density at radius 2 is 2.31 bits per heavy atom. The number of halogens is 1. The van der Waals surface area contributed by atoms with Crippen molar-refractivity contribution in [3.63, 3.8) is 0 Å². The minimum absolute atomic E-state index is 0.533. The predicted octanol–water partition coefficient (Wildman–Crippen LogP) is 2.35. The molecule has 1 aliphatic rings. The quantitative estimate of drug-likeness (QED) is 0.728. The predicted molar refractivity (Wildman–Crippen MR) is 58.9 cm³/mol. The molecule has 1 unspecified atom stereocenters. The van der Waals surface area contributed by atoms with Gasteiger partial charge in [-0.25, -0.2) is 0 Å². The molecule has 70 valence electrons. The standard InChI is InChI=1S/C10H13BrN2/c1-7-5-13-10-4-9(11)3-2-8(10)6-12-7/h2-4,7,12-13H,5-6H2,1H3. The van der Waals surface area contributed by atoms with E-state index < -0.39 is 0 Å². The van der Waals surface area contributed by atoms with Gasteiger partial charge in [0.15, 0.2) is 0 Å². The van der Waals surface area contributed by atoms with Gasteiger partial charge in [0.2, 0.25) is 0 Å². The van der Waals surface area contributed by atoms with Crippen LogP contribution in [-0.4, -0.2) is 12.6 Å². The molecule has 1 atom stereocenters. The van der Waals surface area contributed by atoms with E-state index in [0.717, 1.165) is 17.6 Å². The molecule has 0 saturated heterocycles. The molecule has 0 amide bonds. The highest BCUT2D eigenvalue weighted by Gasteiger charge is 2.10. The molecular weight excluding hydrogens is 228 g/mol. The van der Waals surface area contributed by atoms with Gasteiger partial charge >= 0.3 is 0 Å². The lowest BCUT2D eigenvalue weighted by molar-refractivity contribution is 0.581. The Balaban J connectivity index is 2.30. The Bertz CT molecular complexity index is 312. The minimum atomic E-state index is 0.533. The van der Waals surface area contributed by atoms with Gasteiger partial charge in [0, 0.05) is 29.3 Å². The first kappa shape index (κ1) is 9.03. The summed E-state index contributed by atoms with van der Waals surface area (Å²) in [7, 11) is 0. The van der Waals surface area contributed by atoms with Gasteiger partial charge in [0.05, 0.1) is 0 Å². The molecule has 1 heterocycles. The third kappa shape index (κ3) is 2.03. The third-order valence-electron chi connectivity index (χ3n) is 2.31. The highest BCUT2D eigenvalue weighted by molar-refractivity contribution is 9.10. The van der Waals surface area contributed by atoms with E-state index in [1.165, 1.54) is 11.3 Å². The molecule has 1 aromatic carbocycles. The van der Waals surface area contributed by atoms with Gasteiger partial charge in [0.1, 0.15) is 0 Å². The average Bonchev–Trinajstić information content (AvgIpc) is 2.29. The average molecular weight is 241 g/mol. The molecule has 2 rings (SSSR count). The molecule has 3 heteroatoms. The van der Waals surface area contributed by atoms with Gasteiger partial charge < -0.3 is 10.6 Å². The Kier molecular flexibility index (Phi) is 2.56. The van der Waals surface area contributed by atoms with Crippen LogP contribution < -0.4 is 10.6 Å². The second-order valence-electron chi connectivity index (χ2n) is 3.46. The van der Waals surface area contributed by atoms with Crippen LogP contribution in [0, 0.1) is 0 Å². The van der Waals surface area contributed by atoms with Crippen LogP contribution in [0.2, 0.25) is 0 Å². The molecule has 0 saturated carbocycles. The molecule has 2 N–H and O–H groups in total. The number of hydrogen-bond acceptors (Lipinski definition) is 2. The van der Waals surface area contributed by atoms with Crippen LogP contribution in [0.1, 0.15) is 12.5 Å². The normalized spacial score (nSPS) is 21.5. The third-order valence-corrected chi connectivity index (χ3v) is 2.80. The van der Waals surface area contributed by atoms with Crippen LogP contribution in [-0.2, 0) is 6.54 Å². The minimum Gasteiger partial charge on any atom is -0.383 e. The van der Waals surface area contributed by atoms with Gasteiger partial charge in [-0.05, 0) is 24.6 Å². The first-order chi connectivity index (χ1) is 6.25. The Hall–Kier alpha value is -0.540. The van der Waals surface area contributed by atoms with E-state index in [0.29, 0.717) is 6.04 Å². The lowest BCUT2D eigenvalue weighted by Crippen LogP contribution is -2.29. The number of nitrogens with one attached hydrogen (secondary N) is 2. The largest absolute Gasteiger partial charge is 0.383 e. The molecule has 0 aliphatic carbocycles. The fraction of sp³-hybridized carbons (Fsp3) is 0.400. The van der Waals surface area contributed by atoms with Crippen molar-refractivity contribution in [3.8, 4) is 0 Å². The Labute approximate surface area is 86.9 Å². The van der Waals surface area contributed by atoms with Gasteiger partial charge in [-0.3, -0.25) is 0 Å². The maximum absolute atomic E-state index is 3.47. The maximum Gasteiger partial charge on any atom is 0.0397 e. The summed E-state index contributed by atoms with van der Waals surface area (Å²) in [4.78, 5) is 0. The Morgan fingerprint density at radius 1 is 1.46 bits per heavy atom. The summed E-state index contributed by atoms with van der Waals surface area (Å²) in [5.74, 6) is 0. The van der Waals surface area contributed by atoms with Gasteiger partial charge in [-0.2, -0.15) is 0 Å². The van der Waals surface area contributed by atoms with Crippen molar-refractivity contribution in [1.29, 1.82) is 0 Å². The maximum atomic E-state index is 3.47. The second kappa shape index (κ2) is 3.68. The molecule has 13 heavy (non-hydrogen) atoms. The molecule has 0 aromatic heterocycles. The van der Waals surface area contributed by atoms with E-state index in [1.807, 2.05) is 0 Å². The van der Waals surface area contributed by atoms with Crippen molar-refractivity contribution in [2.75, 3.05) is 11.9 Å². The molecule has 0 radical (unpaired) electrons. The van der Waals surface area contributed by atoms with E-state index in [9.17, 15) is 0 Å². The topological polar surface area (TPSA) is 24.1 Å². The van der Waals surface area contributed by atoms with Gasteiger partial charge in [-0.15, -0.1) is 0 Å². The first-order valence-electron chi connectivity index (χ1n) is 4.51. The zero-order valence-electron chi connectivity index (χ0n) is 7.60. The van der Waals surface area contributed by atoms with Crippen molar-refractivity contribution in [3.05, 3.63) is 28.2 Å². The SMILES string of the molecule is CC1CNc2cc(Br)ccc2CN1. The summed E-state index contributed by atoms with van der Waals surface area (Å²) in [6.45, 7) is 4.13. The second-order valence-corrected chi connectivity index (χ2v) is 4.38. The van der Waals surface area contributed by atoms with Crippen LogP contribution in [0.4, 0.5) is 5.69 Å². The van der Waals surface area contributed by atoms with E-state index in [2.05, 4.69) is 51.7 Å². The van der Waals surface area contributed by atoms with Crippen LogP contribution in [0.3, 0.4) is 0 Å². The van der Waals surface area contributed by atoms with Crippen molar-refractivity contribution < 1.29 is 0 Å². The van der Waals surface area contributed by atoms with Crippen molar-refractivity contribution >= 4 is 21.6 Å². The van der Waals surface area contributed by atoms with Crippen LogP contribution >= 0.6 is 15.9 Å². The van der Waals surface area contributed by atoms with Crippen molar-refractivity contribution in [2.24, 2.45) is 0 Å². The van der Waals surface area contributed by atoms with Crippen molar-refractivity contribution in [1.82, 2.24) is 5.32 Å². The molecular formula is C10H13BrN2. The summed E-state index contributed by atoms with van der Waals surface area (Å²) in [6.07, 6.45) is 0. The molecule has 0 fully saturated rings. The van der Waals surface area contributed by atoms with E-state index >= 15 is 0 Å². The zero-order valence-corrected chi connectivity index (χ0v) is 9.19. The van der Waals surface area contributed by atoms with Crippen LogP contribution in [0.5, 0.6) is 0 Å². The van der Waals surface area contributed by atoms with Gasteiger partial charge in [-0.1, -0.05) is 22.0 Å². The zero-order chi connectivity index (χ0) is 9.26. The first-order valence-corrected chi connectivity index (χ1v) is 5.30. The number of benzene rings is 1. The summed E-state index contributed by atoms with van der Waals surface area (Å²) in [5.41, 5.74) is 2.58. The number of anilines is 1. The molecule has 0 spiro atoms. The fourth-order valence-electron chi connectivity index (χ4n) is 1.49. The monoisotopic (exact) mass is 240 g/mol. The highest BCUT2D eigenvalue weighted by Crippen LogP contribution is 2.22. The summed E-state index contributed by atoms with van der Waals surface area (Å²) >= 11 is 3.47. The van der Waals surface area contributed by atoms with Crippen LogP contribution in [0.25, 0.3) is 0 Å². The van der Waals surface area contributed by atoms with E-state index in [-0.39, 0.29) is 0 Å². The lowest BCUT2D eigenvalue weighted by Gasteiger charge is -2.08. The molecule has 1 aromatic rings. The Morgan fingerprint density at radius 3 is 3.15 bits per heavy atom. The number of hydrogen-bond donors (Lipinski definition) is 2. The molecule has 0 bridgehead atoms. The summed E-state index contributed by atoms with van der Waals surface area (Å²) in [5, 5.41) is 6.87. The molecule has 1 aliphatic heterocycles. The van der Waals surface area contributed by atoms with Gasteiger partial charge in [0.25, 0.3) is 0 Å². The van der Waals surface area contributed by atoms with Crippen LogP contribution in [0.15, 0.2) is 22.7 Å². The fourth-order valence-corrected chi connectivity index (χ4v) is 1.85. The van der Waals surface area contributed by atoms with E-state index in [1.54, 1.807) is 0 Å². The lowest BCUT2D eigenvalue weighted by atomic mass is 10.2. The summed E-state index contributed by atoms with van der Waals surface area (Å²) < 4.78 is 1.13. The highest BCUT2D eigenvalue weighted by atomic mass is 79.9.